The van der Waals surface area contributed by atoms with Gasteiger partial charge in [0.1, 0.15) is 25.0 Å². The van der Waals surface area contributed by atoms with E-state index in [4.69, 9.17) is 16.3 Å². The maximum atomic E-state index is 13.2. The Balaban J connectivity index is 1.72. The zero-order valence-corrected chi connectivity index (χ0v) is 13.9. The lowest BCUT2D eigenvalue weighted by atomic mass is 10.2. The highest BCUT2D eigenvalue weighted by Gasteiger charge is 2.13. The number of halogens is 2. The Labute approximate surface area is 141 Å². The summed E-state index contributed by atoms with van der Waals surface area (Å²) in [5.41, 5.74) is 1.81. The van der Waals surface area contributed by atoms with Gasteiger partial charge in [0, 0.05) is 10.6 Å². The molecule has 2 aromatic carbocycles. The third-order valence-electron chi connectivity index (χ3n) is 3.50. The molecular formula is C18H22ClFNO2+. The number of likely N-dealkylation sites (N-methyl/N-ethyl adjacent to an activating group) is 1. The van der Waals surface area contributed by atoms with Crippen LogP contribution in [0.3, 0.4) is 0 Å². The minimum Gasteiger partial charge on any atom is -0.385 e. The van der Waals surface area contributed by atoms with Crippen LogP contribution in [0.25, 0.3) is 0 Å². The number of hydrogen-bond donors (Lipinski definition) is 2. The van der Waals surface area contributed by atoms with Gasteiger partial charge in [-0.3, -0.25) is 0 Å². The summed E-state index contributed by atoms with van der Waals surface area (Å²) >= 11 is 6.05. The van der Waals surface area contributed by atoms with Gasteiger partial charge in [-0.05, 0) is 23.8 Å². The van der Waals surface area contributed by atoms with Gasteiger partial charge in [0.2, 0.25) is 0 Å². The molecule has 0 aliphatic heterocycles. The van der Waals surface area contributed by atoms with Crippen molar-refractivity contribution in [1.82, 2.24) is 0 Å². The molecule has 23 heavy (non-hydrogen) atoms. The normalized spacial score (nSPS) is 13.7. The second-order valence-corrected chi connectivity index (χ2v) is 6.14. The quantitative estimate of drug-likeness (QED) is 0.772. The Morgan fingerprint density at radius 3 is 2.74 bits per heavy atom. The number of quaternary nitrogens is 1. The largest absolute Gasteiger partial charge is 0.385 e. The highest BCUT2D eigenvalue weighted by Crippen LogP contribution is 2.15. The molecule has 0 saturated heterocycles. The molecule has 0 fully saturated rings. The van der Waals surface area contributed by atoms with E-state index in [1.54, 1.807) is 6.07 Å². The van der Waals surface area contributed by atoms with Gasteiger partial charge in [-0.1, -0.05) is 41.9 Å². The van der Waals surface area contributed by atoms with E-state index in [2.05, 4.69) is 0 Å². The summed E-state index contributed by atoms with van der Waals surface area (Å²) < 4.78 is 18.7. The van der Waals surface area contributed by atoms with E-state index in [0.717, 1.165) is 16.0 Å². The van der Waals surface area contributed by atoms with Crippen molar-refractivity contribution in [1.29, 1.82) is 0 Å². The molecule has 0 aliphatic carbocycles. The summed E-state index contributed by atoms with van der Waals surface area (Å²) in [7, 11) is 1.96. The van der Waals surface area contributed by atoms with Gasteiger partial charge in [-0.15, -0.1) is 0 Å². The molecule has 2 rings (SSSR count). The second kappa shape index (κ2) is 8.99. The minimum atomic E-state index is -0.578. The molecule has 124 valence electrons. The standard InChI is InChI=1S/C18H21ClFNO2/c1-21(10-14-5-4-7-16(20)9-14)11-17(22)13-23-12-15-6-2-3-8-18(15)19/h2-9,17,22H,10-13H2,1H3/p+1/t17-/m0/s1. The van der Waals surface area contributed by atoms with Gasteiger partial charge in [0.25, 0.3) is 0 Å². The van der Waals surface area contributed by atoms with Crippen molar-refractivity contribution in [3.05, 3.63) is 70.5 Å². The SMILES string of the molecule is C[NH+](Cc1cccc(F)c1)C[C@H](O)COCc1ccccc1Cl. The number of aliphatic hydroxyl groups excluding tert-OH is 1. The lowest BCUT2D eigenvalue weighted by Crippen LogP contribution is -3.08. The van der Waals surface area contributed by atoms with Crippen LogP contribution in [0.2, 0.25) is 5.02 Å². The van der Waals surface area contributed by atoms with Crippen LogP contribution in [0.4, 0.5) is 4.39 Å². The van der Waals surface area contributed by atoms with Gasteiger partial charge in [0.15, 0.2) is 0 Å². The Bertz CT molecular complexity index is 623. The molecule has 2 N–H and O–H groups in total. The number of aliphatic hydroxyl groups is 1. The number of ether oxygens (including phenoxy) is 1. The van der Waals surface area contributed by atoms with Crippen LogP contribution in [-0.4, -0.2) is 31.4 Å². The van der Waals surface area contributed by atoms with E-state index in [9.17, 15) is 9.50 Å². The van der Waals surface area contributed by atoms with Gasteiger partial charge in [0.05, 0.1) is 20.3 Å². The molecule has 0 spiro atoms. The molecule has 2 aromatic rings. The molecular weight excluding hydrogens is 317 g/mol. The third-order valence-corrected chi connectivity index (χ3v) is 3.87. The Morgan fingerprint density at radius 2 is 2.00 bits per heavy atom. The molecule has 0 aliphatic rings. The van der Waals surface area contributed by atoms with Crippen molar-refractivity contribution in [2.75, 3.05) is 20.2 Å². The van der Waals surface area contributed by atoms with Gasteiger partial charge in [-0.25, -0.2) is 4.39 Å². The predicted octanol–water partition coefficient (Wildman–Crippen LogP) is 2.07. The fourth-order valence-electron chi connectivity index (χ4n) is 2.45. The molecule has 0 amide bonds. The molecule has 0 radical (unpaired) electrons. The van der Waals surface area contributed by atoms with Crippen LogP contribution < -0.4 is 4.90 Å². The summed E-state index contributed by atoms with van der Waals surface area (Å²) in [6, 6.07) is 14.0. The van der Waals surface area contributed by atoms with E-state index in [-0.39, 0.29) is 12.4 Å². The van der Waals surface area contributed by atoms with Gasteiger partial charge < -0.3 is 14.7 Å². The van der Waals surface area contributed by atoms with Crippen molar-refractivity contribution in [2.45, 2.75) is 19.3 Å². The van der Waals surface area contributed by atoms with E-state index in [1.807, 2.05) is 37.4 Å². The molecule has 0 saturated carbocycles. The molecule has 1 unspecified atom stereocenters. The van der Waals surface area contributed by atoms with Crippen LogP contribution >= 0.6 is 11.6 Å². The predicted molar refractivity (Wildman–Crippen MR) is 89.0 cm³/mol. The summed E-state index contributed by atoms with van der Waals surface area (Å²) in [5.74, 6) is -0.237. The summed E-state index contributed by atoms with van der Waals surface area (Å²) in [6.07, 6.45) is -0.578. The molecule has 0 aromatic heterocycles. The summed E-state index contributed by atoms with van der Waals surface area (Å²) in [4.78, 5) is 1.09. The molecule has 0 heterocycles. The number of nitrogens with one attached hydrogen (secondary N) is 1. The van der Waals surface area contributed by atoms with Crippen LogP contribution in [0.1, 0.15) is 11.1 Å². The van der Waals surface area contributed by atoms with Gasteiger partial charge in [-0.2, -0.15) is 0 Å². The van der Waals surface area contributed by atoms with Crippen LogP contribution in [0.5, 0.6) is 0 Å². The third kappa shape index (κ3) is 6.28. The van der Waals surface area contributed by atoms with Crippen LogP contribution in [-0.2, 0) is 17.9 Å². The first kappa shape index (κ1) is 17.9. The van der Waals surface area contributed by atoms with E-state index in [0.29, 0.717) is 24.7 Å². The first-order valence-electron chi connectivity index (χ1n) is 7.59. The zero-order chi connectivity index (χ0) is 16.7. The summed E-state index contributed by atoms with van der Waals surface area (Å²) in [5, 5.41) is 10.7. The average molecular weight is 339 g/mol. The van der Waals surface area contributed by atoms with Crippen molar-refractivity contribution in [3.63, 3.8) is 0 Å². The number of hydrogen-bond acceptors (Lipinski definition) is 2. The molecule has 5 heteroatoms. The van der Waals surface area contributed by atoms with Gasteiger partial charge >= 0.3 is 0 Å². The number of rotatable bonds is 8. The van der Waals surface area contributed by atoms with Crippen LogP contribution in [0, 0.1) is 5.82 Å². The van der Waals surface area contributed by atoms with Crippen molar-refractivity contribution in [3.8, 4) is 0 Å². The second-order valence-electron chi connectivity index (χ2n) is 5.73. The molecule has 2 atom stereocenters. The van der Waals surface area contributed by atoms with E-state index >= 15 is 0 Å². The first-order chi connectivity index (χ1) is 11.0. The van der Waals surface area contributed by atoms with Crippen molar-refractivity contribution >= 4 is 11.6 Å². The van der Waals surface area contributed by atoms with Crippen molar-refractivity contribution in [2.24, 2.45) is 0 Å². The lowest BCUT2D eigenvalue weighted by Gasteiger charge is -2.18. The van der Waals surface area contributed by atoms with Crippen LogP contribution in [0.15, 0.2) is 48.5 Å². The Hall–Kier alpha value is -1.46. The van der Waals surface area contributed by atoms with E-state index < -0.39 is 6.10 Å². The lowest BCUT2D eigenvalue weighted by molar-refractivity contribution is -0.897. The monoisotopic (exact) mass is 338 g/mol. The van der Waals surface area contributed by atoms with Crippen molar-refractivity contribution < 1.29 is 19.1 Å². The fraction of sp³-hybridized carbons (Fsp3) is 0.333. The first-order valence-corrected chi connectivity index (χ1v) is 7.97. The Morgan fingerprint density at radius 1 is 1.22 bits per heavy atom. The topological polar surface area (TPSA) is 33.9 Å². The maximum Gasteiger partial charge on any atom is 0.126 e. The summed E-state index contributed by atoms with van der Waals surface area (Å²) in [6.45, 7) is 1.80. The molecule has 3 nitrogen and oxygen atoms in total. The highest BCUT2D eigenvalue weighted by molar-refractivity contribution is 6.31. The smallest absolute Gasteiger partial charge is 0.126 e. The fourth-order valence-corrected chi connectivity index (χ4v) is 2.64. The number of benzene rings is 2. The Kier molecular flexibility index (Phi) is 6.99. The maximum absolute atomic E-state index is 13.2. The van der Waals surface area contributed by atoms with E-state index in [1.165, 1.54) is 12.1 Å². The zero-order valence-electron chi connectivity index (χ0n) is 13.1. The average Bonchev–Trinajstić information content (AvgIpc) is 2.49. The minimum absolute atomic E-state index is 0.237. The highest BCUT2D eigenvalue weighted by atomic mass is 35.5. The molecule has 0 bridgehead atoms.